The summed E-state index contributed by atoms with van der Waals surface area (Å²) in [7, 11) is 3.10. The van der Waals surface area contributed by atoms with Gasteiger partial charge < -0.3 is 18.9 Å². The van der Waals surface area contributed by atoms with Crippen molar-refractivity contribution in [3.63, 3.8) is 0 Å². The summed E-state index contributed by atoms with van der Waals surface area (Å²) in [6, 6.07) is 9.46. The molecule has 2 aromatic carbocycles. The molecule has 1 unspecified atom stereocenters. The molecule has 1 saturated heterocycles. The van der Waals surface area contributed by atoms with Gasteiger partial charge in [-0.25, -0.2) is 4.39 Å². The minimum atomic E-state index is -0.554. The molecule has 3 aromatic rings. The van der Waals surface area contributed by atoms with Gasteiger partial charge in [-0.05, 0) is 30.3 Å². The fraction of sp³-hybridized carbons (Fsp3) is 0.250. The van der Waals surface area contributed by atoms with E-state index in [0.29, 0.717) is 28.8 Å². The number of hydrogen-bond acceptors (Lipinski definition) is 6. The quantitative estimate of drug-likeness (QED) is 0.622. The van der Waals surface area contributed by atoms with Crippen LogP contribution in [0.1, 0.15) is 18.2 Å². The molecule has 1 aromatic heterocycles. The van der Waals surface area contributed by atoms with Crippen LogP contribution in [0.15, 0.2) is 40.9 Å². The number of aromatic nitrogens is 2. The number of hydrogen-bond donors (Lipinski definition) is 0. The summed E-state index contributed by atoms with van der Waals surface area (Å²) in [5.41, 5.74) is 0.834. The summed E-state index contributed by atoms with van der Waals surface area (Å²) < 4.78 is 30.1. The maximum Gasteiger partial charge on any atom is 0.232 e. The summed E-state index contributed by atoms with van der Waals surface area (Å²) in [5, 5.41) is 4.28. The van der Waals surface area contributed by atoms with Crippen molar-refractivity contribution >= 4 is 23.2 Å². The number of halogens is 2. The van der Waals surface area contributed by atoms with E-state index < -0.39 is 5.82 Å². The first-order valence-electron chi connectivity index (χ1n) is 8.81. The van der Waals surface area contributed by atoms with E-state index >= 15 is 0 Å². The fourth-order valence-corrected chi connectivity index (χ4v) is 3.42. The molecule has 0 radical (unpaired) electrons. The molecule has 29 heavy (non-hydrogen) atoms. The van der Waals surface area contributed by atoms with Gasteiger partial charge in [-0.3, -0.25) is 4.79 Å². The van der Waals surface area contributed by atoms with Crippen LogP contribution in [0.3, 0.4) is 0 Å². The van der Waals surface area contributed by atoms with Crippen molar-refractivity contribution in [1.82, 2.24) is 10.1 Å². The lowest BCUT2D eigenvalue weighted by molar-refractivity contribution is -0.117. The predicted molar refractivity (Wildman–Crippen MR) is 104 cm³/mol. The van der Waals surface area contributed by atoms with Crippen LogP contribution < -0.4 is 14.4 Å². The Balaban J connectivity index is 1.58. The molecule has 2 heterocycles. The molecule has 9 heteroatoms. The second-order valence-corrected chi connectivity index (χ2v) is 7.00. The SMILES string of the molecule is COc1cc(OC)cc(-c2noc(C3CC(=O)N(c4ccc(Cl)cc4F)C3)n2)c1. The lowest BCUT2D eigenvalue weighted by Crippen LogP contribution is -2.25. The molecule has 0 aliphatic carbocycles. The highest BCUT2D eigenvalue weighted by Crippen LogP contribution is 2.35. The van der Waals surface area contributed by atoms with E-state index in [9.17, 15) is 9.18 Å². The van der Waals surface area contributed by atoms with E-state index in [0.717, 1.165) is 0 Å². The summed E-state index contributed by atoms with van der Waals surface area (Å²) in [6.45, 7) is 0.237. The van der Waals surface area contributed by atoms with Crippen molar-refractivity contribution in [2.24, 2.45) is 0 Å². The average molecular weight is 418 g/mol. The molecule has 0 saturated carbocycles. The lowest BCUT2D eigenvalue weighted by Gasteiger charge is -2.16. The Bertz CT molecular complexity index is 1050. The minimum absolute atomic E-state index is 0.144. The molecule has 0 bridgehead atoms. The van der Waals surface area contributed by atoms with Crippen molar-refractivity contribution in [2.45, 2.75) is 12.3 Å². The predicted octanol–water partition coefficient (Wildman–Crippen LogP) is 4.07. The van der Waals surface area contributed by atoms with Crippen molar-refractivity contribution in [1.29, 1.82) is 0 Å². The van der Waals surface area contributed by atoms with E-state index in [4.69, 9.17) is 25.6 Å². The van der Waals surface area contributed by atoms with Gasteiger partial charge in [0.1, 0.15) is 17.3 Å². The topological polar surface area (TPSA) is 77.7 Å². The van der Waals surface area contributed by atoms with Crippen molar-refractivity contribution in [2.75, 3.05) is 25.7 Å². The van der Waals surface area contributed by atoms with Gasteiger partial charge >= 0.3 is 0 Å². The van der Waals surface area contributed by atoms with Gasteiger partial charge in [-0.2, -0.15) is 4.98 Å². The molecule has 1 aliphatic heterocycles. The number of ether oxygens (including phenoxy) is 2. The molecule has 1 fully saturated rings. The first-order valence-corrected chi connectivity index (χ1v) is 9.18. The van der Waals surface area contributed by atoms with Crippen LogP contribution in [-0.4, -0.2) is 36.8 Å². The standard InChI is InChI=1S/C20H17ClFN3O4/c1-27-14-5-11(6-15(9-14)28-2)19-23-20(29-24-19)12-7-18(26)25(10-12)17-4-3-13(21)8-16(17)22/h3-6,8-9,12H,7,10H2,1-2H3. The largest absolute Gasteiger partial charge is 0.497 e. The van der Waals surface area contributed by atoms with Gasteiger partial charge in [0.2, 0.25) is 17.6 Å². The second kappa shape index (κ2) is 7.71. The van der Waals surface area contributed by atoms with Crippen LogP contribution in [0.4, 0.5) is 10.1 Å². The molecule has 1 atom stereocenters. The Morgan fingerprint density at radius 2 is 1.90 bits per heavy atom. The van der Waals surface area contributed by atoms with Crippen LogP contribution >= 0.6 is 11.6 Å². The fourth-order valence-electron chi connectivity index (χ4n) is 3.26. The maximum absolute atomic E-state index is 14.2. The Morgan fingerprint density at radius 1 is 1.17 bits per heavy atom. The van der Waals surface area contributed by atoms with Crippen LogP contribution in [-0.2, 0) is 4.79 Å². The van der Waals surface area contributed by atoms with Gasteiger partial charge in [0.15, 0.2) is 0 Å². The first-order chi connectivity index (χ1) is 14.0. The summed E-state index contributed by atoms with van der Waals surface area (Å²) in [6.07, 6.45) is 0.144. The van der Waals surface area contributed by atoms with E-state index in [1.807, 2.05) is 0 Å². The smallest absolute Gasteiger partial charge is 0.232 e. The number of nitrogens with zero attached hydrogens (tertiary/aromatic N) is 3. The van der Waals surface area contributed by atoms with Crippen molar-refractivity contribution in [3.05, 3.63) is 53.1 Å². The van der Waals surface area contributed by atoms with Gasteiger partial charge in [0.05, 0.1) is 25.8 Å². The molecule has 0 N–H and O–H groups in total. The summed E-state index contributed by atoms with van der Waals surface area (Å²) >= 11 is 5.79. The minimum Gasteiger partial charge on any atom is -0.497 e. The first kappa shape index (κ1) is 19.2. The highest BCUT2D eigenvalue weighted by molar-refractivity contribution is 6.30. The Kier molecular flexibility index (Phi) is 5.10. The third-order valence-electron chi connectivity index (χ3n) is 4.73. The van der Waals surface area contributed by atoms with Crippen LogP contribution in [0.5, 0.6) is 11.5 Å². The summed E-state index contributed by atoms with van der Waals surface area (Å²) in [4.78, 5) is 18.2. The molecule has 1 aliphatic rings. The third kappa shape index (κ3) is 3.75. The molecule has 0 spiro atoms. The number of carbonyl (C=O) groups is 1. The number of amides is 1. The monoisotopic (exact) mass is 417 g/mol. The number of rotatable bonds is 5. The van der Waals surface area contributed by atoms with E-state index in [1.54, 1.807) is 38.5 Å². The molecule has 1 amide bonds. The van der Waals surface area contributed by atoms with Gasteiger partial charge in [0, 0.05) is 29.6 Å². The number of methoxy groups -OCH3 is 2. The molecule has 4 rings (SSSR count). The van der Waals surface area contributed by atoms with Crippen LogP contribution in [0.25, 0.3) is 11.4 Å². The van der Waals surface area contributed by atoms with E-state index in [2.05, 4.69) is 10.1 Å². The normalized spacial score (nSPS) is 16.3. The van der Waals surface area contributed by atoms with Crippen LogP contribution in [0.2, 0.25) is 5.02 Å². The van der Waals surface area contributed by atoms with E-state index in [-0.39, 0.29) is 35.5 Å². The average Bonchev–Trinajstić information content (AvgIpc) is 3.35. The highest BCUT2D eigenvalue weighted by Gasteiger charge is 2.36. The molecular formula is C20H17ClFN3O4. The molecule has 7 nitrogen and oxygen atoms in total. The number of anilines is 1. The zero-order chi connectivity index (χ0) is 20.5. The second-order valence-electron chi connectivity index (χ2n) is 6.56. The molecular weight excluding hydrogens is 401 g/mol. The van der Waals surface area contributed by atoms with E-state index in [1.165, 1.54) is 17.0 Å². The zero-order valence-electron chi connectivity index (χ0n) is 15.7. The number of carbonyl (C=O) groups excluding carboxylic acids is 1. The zero-order valence-corrected chi connectivity index (χ0v) is 16.4. The lowest BCUT2D eigenvalue weighted by atomic mass is 10.1. The van der Waals surface area contributed by atoms with Crippen molar-refractivity contribution in [3.8, 4) is 22.9 Å². The molecule has 150 valence electrons. The Morgan fingerprint density at radius 3 is 2.55 bits per heavy atom. The summed E-state index contributed by atoms with van der Waals surface area (Å²) in [5.74, 6) is 0.719. The highest BCUT2D eigenvalue weighted by atomic mass is 35.5. The third-order valence-corrected chi connectivity index (χ3v) is 4.96. The van der Waals surface area contributed by atoms with Crippen molar-refractivity contribution < 1.29 is 23.2 Å². The maximum atomic E-state index is 14.2. The van der Waals surface area contributed by atoms with Gasteiger partial charge in [-0.15, -0.1) is 0 Å². The Labute approximate surface area is 171 Å². The van der Waals surface area contributed by atoms with Gasteiger partial charge in [0.25, 0.3) is 0 Å². The Hall–Kier alpha value is -3.13. The van der Waals surface area contributed by atoms with Gasteiger partial charge in [-0.1, -0.05) is 16.8 Å². The van der Waals surface area contributed by atoms with Crippen LogP contribution in [0, 0.1) is 5.82 Å². The number of benzene rings is 2.